The maximum atomic E-state index is 6.16. The van der Waals surface area contributed by atoms with E-state index in [1.54, 1.807) is 29.6 Å². The zero-order chi connectivity index (χ0) is 17.7. The Labute approximate surface area is 152 Å². The molecule has 0 radical (unpaired) electrons. The van der Waals surface area contributed by atoms with Crippen molar-refractivity contribution in [1.82, 2.24) is 34.3 Å². The predicted molar refractivity (Wildman–Crippen MR) is 98.4 cm³/mol. The van der Waals surface area contributed by atoms with Crippen LogP contribution in [0.5, 0.6) is 0 Å². The van der Waals surface area contributed by atoms with Gasteiger partial charge in [0.25, 0.3) is 0 Å². The fraction of sp³-hybridized carbons (Fsp3) is 0.0556. The number of rotatable bonds is 2. The second-order valence-electron chi connectivity index (χ2n) is 5.92. The summed E-state index contributed by atoms with van der Waals surface area (Å²) >= 11 is 6.16. The largest absolute Gasteiger partial charge is 0.265 e. The highest BCUT2D eigenvalue weighted by molar-refractivity contribution is 6.30. The van der Waals surface area contributed by atoms with E-state index < -0.39 is 0 Å². The van der Waals surface area contributed by atoms with Crippen LogP contribution < -0.4 is 0 Å². The fourth-order valence-electron chi connectivity index (χ4n) is 3.01. The van der Waals surface area contributed by atoms with Crippen LogP contribution in [0.3, 0.4) is 0 Å². The second-order valence-corrected chi connectivity index (χ2v) is 6.36. The van der Waals surface area contributed by atoms with Gasteiger partial charge < -0.3 is 0 Å². The highest BCUT2D eigenvalue weighted by Crippen LogP contribution is 2.26. The van der Waals surface area contributed by atoms with Crippen molar-refractivity contribution in [3.05, 3.63) is 65.8 Å². The van der Waals surface area contributed by atoms with Crippen LogP contribution in [0.2, 0.25) is 5.02 Å². The number of aryl methyl sites for hydroxylation is 1. The van der Waals surface area contributed by atoms with Gasteiger partial charge in [-0.1, -0.05) is 17.7 Å². The molecule has 4 heterocycles. The maximum absolute atomic E-state index is 6.16. The number of nitrogens with zero attached hydrogens (tertiary/aromatic N) is 7. The Kier molecular flexibility index (Phi) is 3.23. The number of benzene rings is 1. The third kappa shape index (κ3) is 2.18. The summed E-state index contributed by atoms with van der Waals surface area (Å²) in [7, 11) is 0. The van der Waals surface area contributed by atoms with Gasteiger partial charge in [0, 0.05) is 23.0 Å². The Balaban J connectivity index is 1.75. The summed E-state index contributed by atoms with van der Waals surface area (Å²) in [6.07, 6.45) is 6.92. The van der Waals surface area contributed by atoms with E-state index in [2.05, 4.69) is 25.3 Å². The minimum Gasteiger partial charge on any atom is -0.265 e. The number of halogens is 1. The van der Waals surface area contributed by atoms with Crippen molar-refractivity contribution >= 4 is 28.3 Å². The molecule has 0 bridgehead atoms. The number of aromatic nitrogens is 7. The van der Waals surface area contributed by atoms with Crippen molar-refractivity contribution in [2.45, 2.75) is 6.92 Å². The predicted octanol–water partition coefficient (Wildman–Crippen LogP) is 3.49. The van der Waals surface area contributed by atoms with Gasteiger partial charge >= 0.3 is 0 Å². The molecule has 1 aromatic carbocycles. The smallest absolute Gasteiger partial charge is 0.175 e. The van der Waals surface area contributed by atoms with E-state index in [1.165, 1.54) is 0 Å². The average Bonchev–Trinajstić information content (AvgIpc) is 3.28. The van der Waals surface area contributed by atoms with Gasteiger partial charge in [0.15, 0.2) is 17.1 Å². The van der Waals surface area contributed by atoms with Gasteiger partial charge in [-0.05, 0) is 36.8 Å². The Morgan fingerprint density at radius 3 is 2.69 bits per heavy atom. The van der Waals surface area contributed by atoms with E-state index in [-0.39, 0.29) is 0 Å². The molecular weight excluding hydrogens is 350 g/mol. The molecule has 0 aliphatic rings. The molecule has 0 saturated heterocycles. The van der Waals surface area contributed by atoms with Crippen molar-refractivity contribution in [2.75, 3.05) is 0 Å². The highest BCUT2D eigenvalue weighted by atomic mass is 35.5. The standard InChI is InChI=1S/C18H12ClN7/c1-11-2-3-13(19)8-15(11)26-17-14(9-22-26)18-24-23-16(25(18)10-21-17)12-4-6-20-7-5-12/h2-10H,1H3. The lowest BCUT2D eigenvalue weighted by Gasteiger charge is -2.07. The molecule has 26 heavy (non-hydrogen) atoms. The van der Waals surface area contributed by atoms with Gasteiger partial charge in [0.2, 0.25) is 0 Å². The quantitative estimate of drug-likeness (QED) is 0.481. The van der Waals surface area contributed by atoms with Crippen LogP contribution in [0.1, 0.15) is 5.56 Å². The van der Waals surface area contributed by atoms with E-state index in [9.17, 15) is 0 Å². The first-order valence-electron chi connectivity index (χ1n) is 7.97. The van der Waals surface area contributed by atoms with Crippen molar-refractivity contribution in [2.24, 2.45) is 0 Å². The van der Waals surface area contributed by atoms with E-state index in [1.807, 2.05) is 41.7 Å². The third-order valence-electron chi connectivity index (χ3n) is 4.31. The van der Waals surface area contributed by atoms with Crippen molar-refractivity contribution in [1.29, 1.82) is 0 Å². The van der Waals surface area contributed by atoms with Gasteiger partial charge in [-0.2, -0.15) is 5.10 Å². The maximum Gasteiger partial charge on any atom is 0.175 e. The van der Waals surface area contributed by atoms with E-state index in [0.29, 0.717) is 22.1 Å². The van der Waals surface area contributed by atoms with E-state index in [0.717, 1.165) is 22.2 Å². The van der Waals surface area contributed by atoms with E-state index in [4.69, 9.17) is 11.6 Å². The normalized spacial score (nSPS) is 11.5. The molecule has 5 rings (SSSR count). The highest BCUT2D eigenvalue weighted by Gasteiger charge is 2.16. The van der Waals surface area contributed by atoms with Crippen LogP contribution in [0.4, 0.5) is 0 Å². The van der Waals surface area contributed by atoms with Crippen LogP contribution in [0.15, 0.2) is 55.2 Å². The van der Waals surface area contributed by atoms with E-state index >= 15 is 0 Å². The van der Waals surface area contributed by atoms with Crippen LogP contribution >= 0.6 is 11.6 Å². The Morgan fingerprint density at radius 2 is 1.85 bits per heavy atom. The first-order valence-corrected chi connectivity index (χ1v) is 8.34. The molecule has 0 atom stereocenters. The van der Waals surface area contributed by atoms with Gasteiger partial charge in [0.05, 0.1) is 17.3 Å². The molecule has 8 heteroatoms. The third-order valence-corrected chi connectivity index (χ3v) is 4.55. The van der Waals surface area contributed by atoms with Crippen molar-refractivity contribution < 1.29 is 0 Å². The minimum absolute atomic E-state index is 0.651. The Morgan fingerprint density at radius 1 is 1.00 bits per heavy atom. The fourth-order valence-corrected chi connectivity index (χ4v) is 3.17. The second kappa shape index (κ2) is 5.60. The molecule has 0 spiro atoms. The van der Waals surface area contributed by atoms with Crippen LogP contribution in [0.25, 0.3) is 33.8 Å². The lowest BCUT2D eigenvalue weighted by atomic mass is 10.2. The molecule has 0 saturated carbocycles. The summed E-state index contributed by atoms with van der Waals surface area (Å²) in [5.41, 5.74) is 4.27. The molecule has 0 N–H and O–H groups in total. The molecule has 126 valence electrons. The van der Waals surface area contributed by atoms with Crippen LogP contribution in [-0.4, -0.2) is 34.3 Å². The molecule has 0 aliphatic carbocycles. The first kappa shape index (κ1) is 15.0. The SMILES string of the molecule is Cc1ccc(Cl)cc1-n1ncc2c1ncn1c(-c3ccncc3)nnc21. The molecule has 5 aromatic rings. The molecule has 0 unspecified atom stereocenters. The van der Waals surface area contributed by atoms with Crippen LogP contribution in [-0.2, 0) is 0 Å². The summed E-state index contributed by atoms with van der Waals surface area (Å²) in [5, 5.41) is 14.6. The molecule has 7 nitrogen and oxygen atoms in total. The first-order chi connectivity index (χ1) is 12.7. The topological polar surface area (TPSA) is 73.8 Å². The molecule has 0 fully saturated rings. The summed E-state index contributed by atoms with van der Waals surface area (Å²) < 4.78 is 3.63. The lowest BCUT2D eigenvalue weighted by molar-refractivity contribution is 0.886. The summed E-state index contributed by atoms with van der Waals surface area (Å²) in [6, 6.07) is 9.47. The molecule has 4 aromatic heterocycles. The number of hydrogen-bond donors (Lipinski definition) is 0. The minimum atomic E-state index is 0.651. The lowest BCUT2D eigenvalue weighted by Crippen LogP contribution is -2.01. The van der Waals surface area contributed by atoms with Gasteiger partial charge in [-0.25, -0.2) is 9.67 Å². The summed E-state index contributed by atoms with van der Waals surface area (Å²) in [5.74, 6) is 0.712. The zero-order valence-electron chi connectivity index (χ0n) is 13.7. The number of hydrogen-bond acceptors (Lipinski definition) is 5. The molecule has 0 amide bonds. The van der Waals surface area contributed by atoms with Gasteiger partial charge in [-0.3, -0.25) is 9.38 Å². The Hall–Kier alpha value is -3.32. The van der Waals surface area contributed by atoms with Gasteiger partial charge in [-0.15, -0.1) is 10.2 Å². The van der Waals surface area contributed by atoms with Crippen molar-refractivity contribution in [3.8, 4) is 17.1 Å². The van der Waals surface area contributed by atoms with Crippen molar-refractivity contribution in [3.63, 3.8) is 0 Å². The summed E-state index contributed by atoms with van der Waals surface area (Å²) in [6.45, 7) is 2.01. The molecular formula is C18H12ClN7. The monoisotopic (exact) mass is 361 g/mol. The zero-order valence-corrected chi connectivity index (χ0v) is 14.5. The molecule has 0 aliphatic heterocycles. The summed E-state index contributed by atoms with van der Waals surface area (Å²) in [4.78, 5) is 8.64. The number of fused-ring (bicyclic) bond motifs is 3. The van der Waals surface area contributed by atoms with Crippen LogP contribution in [0, 0.1) is 6.92 Å². The van der Waals surface area contributed by atoms with Gasteiger partial charge in [0.1, 0.15) is 6.33 Å². The number of pyridine rings is 1. The Bertz CT molecular complexity index is 1260. The average molecular weight is 362 g/mol.